The molecule has 2 aromatic rings. The van der Waals surface area contributed by atoms with E-state index in [1.165, 1.54) is 33.5 Å². The van der Waals surface area contributed by atoms with Gasteiger partial charge in [0.15, 0.2) is 28.9 Å². The van der Waals surface area contributed by atoms with Crippen molar-refractivity contribution in [1.82, 2.24) is 9.97 Å². The molecule has 0 radical (unpaired) electrons. The first kappa shape index (κ1) is 16.2. The standard InChI is InChI=1S/C14H13ClF2N2O3/c1-7(22-8-5-18-14(15)19-6-8)11-12(16)9(20-2)4-10(21-3)13(11)17/h4-7H,1-3H3. The van der Waals surface area contributed by atoms with Gasteiger partial charge in [-0.05, 0) is 18.5 Å². The zero-order valence-corrected chi connectivity index (χ0v) is 12.8. The van der Waals surface area contributed by atoms with Gasteiger partial charge in [0.05, 0.1) is 32.2 Å². The molecule has 0 amide bonds. The number of halogens is 3. The smallest absolute Gasteiger partial charge is 0.222 e. The monoisotopic (exact) mass is 330 g/mol. The Balaban J connectivity index is 2.39. The largest absolute Gasteiger partial charge is 0.494 e. The minimum Gasteiger partial charge on any atom is -0.494 e. The Morgan fingerprint density at radius 1 is 1.05 bits per heavy atom. The fourth-order valence-electron chi connectivity index (χ4n) is 1.89. The van der Waals surface area contributed by atoms with Gasteiger partial charge >= 0.3 is 0 Å². The molecule has 0 fully saturated rings. The van der Waals surface area contributed by atoms with Crippen LogP contribution >= 0.6 is 11.6 Å². The number of hydrogen-bond donors (Lipinski definition) is 0. The molecule has 1 unspecified atom stereocenters. The molecule has 1 aromatic carbocycles. The summed E-state index contributed by atoms with van der Waals surface area (Å²) in [7, 11) is 2.55. The number of ether oxygens (including phenoxy) is 3. The Labute approximate surface area is 130 Å². The van der Waals surface area contributed by atoms with Crippen molar-refractivity contribution in [2.24, 2.45) is 0 Å². The molecule has 8 heteroatoms. The Hall–Kier alpha value is -2.15. The third kappa shape index (κ3) is 3.19. The van der Waals surface area contributed by atoms with E-state index in [1.807, 2.05) is 0 Å². The summed E-state index contributed by atoms with van der Waals surface area (Å²) in [5.74, 6) is -1.78. The summed E-state index contributed by atoms with van der Waals surface area (Å²) in [6, 6.07) is 1.13. The van der Waals surface area contributed by atoms with Gasteiger partial charge in [-0.1, -0.05) is 0 Å². The van der Waals surface area contributed by atoms with E-state index in [9.17, 15) is 8.78 Å². The van der Waals surface area contributed by atoms with Crippen LogP contribution in [-0.4, -0.2) is 24.2 Å². The maximum Gasteiger partial charge on any atom is 0.222 e. The van der Waals surface area contributed by atoms with Gasteiger partial charge < -0.3 is 14.2 Å². The average molecular weight is 331 g/mol. The predicted molar refractivity (Wildman–Crippen MR) is 75.5 cm³/mol. The van der Waals surface area contributed by atoms with E-state index in [0.717, 1.165) is 6.07 Å². The first-order valence-electron chi connectivity index (χ1n) is 6.22. The Kier molecular flexibility index (Phi) is 4.97. The van der Waals surface area contributed by atoms with Gasteiger partial charge in [0, 0.05) is 6.07 Å². The molecule has 1 heterocycles. The molecule has 0 aliphatic carbocycles. The van der Waals surface area contributed by atoms with Crippen LogP contribution in [0.4, 0.5) is 8.78 Å². The highest BCUT2D eigenvalue weighted by molar-refractivity contribution is 6.28. The fraction of sp³-hybridized carbons (Fsp3) is 0.286. The first-order valence-corrected chi connectivity index (χ1v) is 6.59. The van der Waals surface area contributed by atoms with Gasteiger partial charge in [-0.15, -0.1) is 0 Å². The molecule has 0 aliphatic heterocycles. The molecule has 22 heavy (non-hydrogen) atoms. The number of methoxy groups -OCH3 is 2. The minimum absolute atomic E-state index is 0.0420. The second-order valence-corrected chi connectivity index (χ2v) is 4.61. The molecule has 1 aromatic heterocycles. The summed E-state index contributed by atoms with van der Waals surface area (Å²) in [6.07, 6.45) is 1.65. The SMILES string of the molecule is COc1cc(OC)c(F)c(C(C)Oc2cnc(Cl)nc2)c1F. The lowest BCUT2D eigenvalue weighted by Crippen LogP contribution is -2.11. The maximum absolute atomic E-state index is 14.3. The number of hydrogen-bond acceptors (Lipinski definition) is 5. The lowest BCUT2D eigenvalue weighted by Gasteiger charge is -2.18. The molecular weight excluding hydrogens is 318 g/mol. The fourth-order valence-corrected chi connectivity index (χ4v) is 1.98. The number of benzene rings is 1. The molecule has 0 bridgehead atoms. The molecule has 5 nitrogen and oxygen atoms in total. The number of rotatable bonds is 5. The summed E-state index contributed by atoms with van der Waals surface area (Å²) in [5, 5.41) is 0.0420. The van der Waals surface area contributed by atoms with Crippen molar-refractivity contribution < 1.29 is 23.0 Å². The highest BCUT2D eigenvalue weighted by atomic mass is 35.5. The van der Waals surface area contributed by atoms with Crippen molar-refractivity contribution in [3.63, 3.8) is 0 Å². The summed E-state index contributed by atoms with van der Waals surface area (Å²) in [5.41, 5.74) is -0.314. The molecule has 0 spiro atoms. The average Bonchev–Trinajstić information content (AvgIpc) is 2.50. The predicted octanol–water partition coefficient (Wildman–Crippen LogP) is 3.57. The topological polar surface area (TPSA) is 53.5 Å². The highest BCUT2D eigenvalue weighted by Gasteiger charge is 2.25. The lowest BCUT2D eigenvalue weighted by molar-refractivity contribution is 0.209. The third-order valence-electron chi connectivity index (χ3n) is 2.92. The van der Waals surface area contributed by atoms with Gasteiger partial charge in [-0.2, -0.15) is 0 Å². The molecule has 0 saturated heterocycles. The lowest BCUT2D eigenvalue weighted by atomic mass is 10.1. The van der Waals surface area contributed by atoms with E-state index >= 15 is 0 Å². The van der Waals surface area contributed by atoms with E-state index in [4.69, 9.17) is 25.8 Å². The quantitative estimate of drug-likeness (QED) is 0.784. The molecule has 118 valence electrons. The van der Waals surface area contributed by atoms with E-state index in [2.05, 4.69) is 9.97 Å². The van der Waals surface area contributed by atoms with Crippen LogP contribution in [-0.2, 0) is 0 Å². The van der Waals surface area contributed by atoms with Crippen molar-refractivity contribution in [3.8, 4) is 17.2 Å². The van der Waals surface area contributed by atoms with Gasteiger partial charge in [-0.25, -0.2) is 18.7 Å². The molecule has 0 N–H and O–H groups in total. The van der Waals surface area contributed by atoms with Crippen LogP contribution in [0.25, 0.3) is 0 Å². The van der Waals surface area contributed by atoms with Crippen molar-refractivity contribution in [2.75, 3.05) is 14.2 Å². The molecule has 2 rings (SSSR count). The summed E-state index contributed by atoms with van der Waals surface area (Å²) >= 11 is 5.56. The zero-order chi connectivity index (χ0) is 16.3. The van der Waals surface area contributed by atoms with Crippen LogP contribution in [0.3, 0.4) is 0 Å². The zero-order valence-electron chi connectivity index (χ0n) is 12.1. The molecule has 0 saturated carbocycles. The van der Waals surface area contributed by atoms with Gasteiger partial charge in [0.1, 0.15) is 6.10 Å². The Morgan fingerprint density at radius 3 is 2.00 bits per heavy atom. The third-order valence-corrected chi connectivity index (χ3v) is 3.12. The molecule has 1 atom stereocenters. The summed E-state index contributed by atoms with van der Waals surface area (Å²) in [4.78, 5) is 7.46. The van der Waals surface area contributed by atoms with Crippen LogP contribution in [0.5, 0.6) is 17.2 Å². The molecular formula is C14H13ClF2N2O3. The summed E-state index contributed by atoms with van der Waals surface area (Å²) in [6.45, 7) is 1.48. The Morgan fingerprint density at radius 2 is 1.55 bits per heavy atom. The van der Waals surface area contributed by atoms with Crippen molar-refractivity contribution in [1.29, 1.82) is 0 Å². The highest BCUT2D eigenvalue weighted by Crippen LogP contribution is 2.36. The van der Waals surface area contributed by atoms with Crippen LogP contribution in [0.15, 0.2) is 18.5 Å². The van der Waals surface area contributed by atoms with E-state index in [-0.39, 0.29) is 28.1 Å². The maximum atomic E-state index is 14.3. The van der Waals surface area contributed by atoms with Gasteiger partial charge in [0.25, 0.3) is 0 Å². The molecule has 0 aliphatic rings. The second kappa shape index (κ2) is 6.74. The van der Waals surface area contributed by atoms with E-state index in [1.54, 1.807) is 0 Å². The van der Waals surface area contributed by atoms with E-state index in [0.29, 0.717) is 0 Å². The van der Waals surface area contributed by atoms with Crippen LogP contribution in [0.1, 0.15) is 18.6 Å². The summed E-state index contributed by atoms with van der Waals surface area (Å²) < 4.78 is 43.8. The number of nitrogens with zero attached hydrogens (tertiary/aromatic N) is 2. The minimum atomic E-state index is -0.964. The van der Waals surface area contributed by atoms with Crippen molar-refractivity contribution in [3.05, 3.63) is 40.9 Å². The van der Waals surface area contributed by atoms with Gasteiger partial charge in [0.2, 0.25) is 5.28 Å². The van der Waals surface area contributed by atoms with E-state index < -0.39 is 17.7 Å². The first-order chi connectivity index (χ1) is 10.5. The Bertz CT molecular complexity index is 640. The normalized spacial score (nSPS) is 11.9. The second-order valence-electron chi connectivity index (χ2n) is 4.27. The van der Waals surface area contributed by atoms with Gasteiger partial charge in [-0.3, -0.25) is 0 Å². The van der Waals surface area contributed by atoms with Crippen molar-refractivity contribution >= 4 is 11.6 Å². The van der Waals surface area contributed by atoms with Crippen LogP contribution < -0.4 is 14.2 Å². The number of aromatic nitrogens is 2. The van der Waals surface area contributed by atoms with Crippen LogP contribution in [0.2, 0.25) is 5.28 Å². The van der Waals surface area contributed by atoms with Crippen molar-refractivity contribution in [2.45, 2.75) is 13.0 Å². The van der Waals surface area contributed by atoms with Crippen LogP contribution in [0, 0.1) is 11.6 Å².